The van der Waals surface area contributed by atoms with Crippen LogP contribution in [0.25, 0.3) is 0 Å². The van der Waals surface area contributed by atoms with Gasteiger partial charge >= 0.3 is 0 Å². The van der Waals surface area contributed by atoms with Crippen molar-refractivity contribution in [2.75, 3.05) is 12.3 Å². The van der Waals surface area contributed by atoms with Crippen molar-refractivity contribution >= 4 is 11.6 Å². The second-order valence-corrected chi connectivity index (χ2v) is 3.80. The Labute approximate surface area is 103 Å². The van der Waals surface area contributed by atoms with E-state index in [4.69, 9.17) is 5.73 Å². The minimum atomic E-state index is -0.521. The van der Waals surface area contributed by atoms with Crippen LogP contribution in [0, 0.1) is 5.82 Å². The molecular formula is C12H13FN4O. The highest BCUT2D eigenvalue weighted by Crippen LogP contribution is 2.10. The van der Waals surface area contributed by atoms with Gasteiger partial charge in [-0.1, -0.05) is 0 Å². The number of nitrogens with two attached hydrogens (primary N) is 1. The van der Waals surface area contributed by atoms with E-state index in [-0.39, 0.29) is 17.2 Å². The summed E-state index contributed by atoms with van der Waals surface area (Å²) in [7, 11) is 0. The van der Waals surface area contributed by atoms with Crippen LogP contribution in [-0.4, -0.2) is 22.2 Å². The number of nitrogens with zero attached hydrogens (tertiary/aromatic N) is 2. The number of halogens is 1. The average Bonchev–Trinajstić information content (AvgIpc) is 2.80. The fraction of sp³-hybridized carbons (Fsp3) is 0.167. The summed E-state index contributed by atoms with van der Waals surface area (Å²) in [4.78, 5) is 11.7. The first-order valence-electron chi connectivity index (χ1n) is 5.47. The minimum Gasteiger partial charge on any atom is -0.399 e. The molecule has 2 rings (SSSR count). The van der Waals surface area contributed by atoms with Crippen LogP contribution in [0.3, 0.4) is 0 Å². The summed E-state index contributed by atoms with van der Waals surface area (Å²) in [5.74, 6) is -0.874. The molecule has 6 heteroatoms. The SMILES string of the molecule is Nc1cc(F)cc(C(=O)NCCn2cccn2)c1. The molecule has 0 unspecified atom stereocenters. The second-order valence-electron chi connectivity index (χ2n) is 3.80. The number of carbonyl (C=O) groups is 1. The van der Waals surface area contributed by atoms with Crippen LogP contribution in [0.1, 0.15) is 10.4 Å². The van der Waals surface area contributed by atoms with E-state index < -0.39 is 5.82 Å². The monoisotopic (exact) mass is 248 g/mol. The Kier molecular flexibility index (Phi) is 3.57. The number of rotatable bonds is 4. The van der Waals surface area contributed by atoms with Gasteiger partial charge in [0.1, 0.15) is 5.82 Å². The molecule has 1 aromatic carbocycles. The van der Waals surface area contributed by atoms with Crippen molar-refractivity contribution in [3.8, 4) is 0 Å². The molecule has 0 radical (unpaired) electrons. The number of hydrogen-bond acceptors (Lipinski definition) is 3. The molecule has 1 aromatic heterocycles. The van der Waals surface area contributed by atoms with Gasteiger partial charge in [0.05, 0.1) is 6.54 Å². The van der Waals surface area contributed by atoms with Gasteiger partial charge in [-0.3, -0.25) is 9.48 Å². The zero-order valence-electron chi connectivity index (χ0n) is 9.64. The maximum Gasteiger partial charge on any atom is 0.251 e. The fourth-order valence-electron chi connectivity index (χ4n) is 1.56. The van der Waals surface area contributed by atoms with Crippen molar-refractivity contribution in [1.82, 2.24) is 15.1 Å². The predicted molar refractivity (Wildman–Crippen MR) is 65.4 cm³/mol. The molecule has 0 saturated heterocycles. The number of nitrogen functional groups attached to an aromatic ring is 1. The quantitative estimate of drug-likeness (QED) is 0.794. The largest absolute Gasteiger partial charge is 0.399 e. The summed E-state index contributed by atoms with van der Waals surface area (Å²) in [6, 6.07) is 5.56. The van der Waals surface area contributed by atoms with E-state index in [1.54, 1.807) is 23.1 Å². The van der Waals surface area contributed by atoms with E-state index >= 15 is 0 Å². The Morgan fingerprint density at radius 1 is 1.44 bits per heavy atom. The van der Waals surface area contributed by atoms with Crippen LogP contribution >= 0.6 is 0 Å². The Morgan fingerprint density at radius 2 is 2.28 bits per heavy atom. The molecule has 0 aliphatic carbocycles. The molecule has 3 N–H and O–H groups in total. The molecule has 2 aromatic rings. The van der Waals surface area contributed by atoms with Gasteiger partial charge in [-0.05, 0) is 24.3 Å². The number of benzene rings is 1. The number of amides is 1. The third-order valence-electron chi connectivity index (χ3n) is 2.37. The molecule has 1 heterocycles. The highest BCUT2D eigenvalue weighted by atomic mass is 19.1. The lowest BCUT2D eigenvalue weighted by atomic mass is 10.2. The molecule has 0 aliphatic heterocycles. The molecule has 0 fully saturated rings. The van der Waals surface area contributed by atoms with Crippen LogP contribution in [0.4, 0.5) is 10.1 Å². The zero-order chi connectivity index (χ0) is 13.0. The van der Waals surface area contributed by atoms with Crippen molar-refractivity contribution in [2.45, 2.75) is 6.54 Å². The lowest BCUT2D eigenvalue weighted by molar-refractivity contribution is 0.0951. The highest BCUT2D eigenvalue weighted by molar-refractivity contribution is 5.95. The van der Waals surface area contributed by atoms with Crippen LogP contribution in [0.2, 0.25) is 0 Å². The maximum absolute atomic E-state index is 13.1. The molecule has 5 nitrogen and oxygen atoms in total. The Balaban J connectivity index is 1.91. The van der Waals surface area contributed by atoms with Crippen molar-refractivity contribution in [2.24, 2.45) is 0 Å². The number of anilines is 1. The Hall–Kier alpha value is -2.37. The third-order valence-corrected chi connectivity index (χ3v) is 2.37. The molecule has 0 bridgehead atoms. The van der Waals surface area contributed by atoms with E-state index in [1.165, 1.54) is 12.1 Å². The highest BCUT2D eigenvalue weighted by Gasteiger charge is 2.07. The minimum absolute atomic E-state index is 0.216. The summed E-state index contributed by atoms with van der Waals surface area (Å²) in [6.07, 6.45) is 3.46. The van der Waals surface area contributed by atoms with Crippen molar-refractivity contribution in [1.29, 1.82) is 0 Å². The number of carbonyl (C=O) groups excluding carboxylic acids is 1. The first kappa shape index (κ1) is 12.1. The van der Waals surface area contributed by atoms with Crippen LogP contribution < -0.4 is 11.1 Å². The molecule has 0 spiro atoms. The summed E-state index contributed by atoms with van der Waals surface area (Å²) in [6.45, 7) is 0.973. The van der Waals surface area contributed by atoms with Gasteiger partial charge in [-0.25, -0.2) is 4.39 Å². The normalized spacial score (nSPS) is 10.3. The molecule has 94 valence electrons. The molecule has 0 atom stereocenters. The standard InChI is InChI=1S/C12H13FN4O/c13-10-6-9(7-11(14)8-10)12(18)15-3-5-17-4-1-2-16-17/h1-2,4,6-8H,3,5,14H2,(H,15,18). The summed E-state index contributed by atoms with van der Waals surface area (Å²) in [5, 5.41) is 6.67. The molecule has 0 saturated carbocycles. The van der Waals surface area contributed by atoms with Crippen molar-refractivity contribution < 1.29 is 9.18 Å². The van der Waals surface area contributed by atoms with Gasteiger partial charge in [0.15, 0.2) is 0 Å². The van der Waals surface area contributed by atoms with E-state index in [1.807, 2.05) is 0 Å². The fourth-order valence-corrected chi connectivity index (χ4v) is 1.56. The molecule has 18 heavy (non-hydrogen) atoms. The van der Waals surface area contributed by atoms with Crippen molar-refractivity contribution in [3.05, 3.63) is 48.0 Å². The van der Waals surface area contributed by atoms with Crippen LogP contribution in [0.5, 0.6) is 0 Å². The summed E-state index contributed by atoms with van der Waals surface area (Å²) < 4.78 is 14.8. The topological polar surface area (TPSA) is 72.9 Å². The molecular weight excluding hydrogens is 235 g/mol. The number of hydrogen-bond donors (Lipinski definition) is 2. The lowest BCUT2D eigenvalue weighted by Crippen LogP contribution is -2.27. The first-order chi connectivity index (χ1) is 8.65. The van der Waals surface area contributed by atoms with Crippen LogP contribution in [-0.2, 0) is 6.54 Å². The van der Waals surface area contributed by atoms with Gasteiger partial charge in [0.25, 0.3) is 5.91 Å². The number of nitrogens with one attached hydrogen (secondary N) is 1. The first-order valence-corrected chi connectivity index (χ1v) is 5.47. The number of aromatic nitrogens is 2. The van der Waals surface area contributed by atoms with Gasteiger partial charge in [-0.15, -0.1) is 0 Å². The van der Waals surface area contributed by atoms with E-state index in [0.717, 1.165) is 6.07 Å². The zero-order valence-corrected chi connectivity index (χ0v) is 9.64. The molecule has 1 amide bonds. The third kappa shape index (κ3) is 3.07. The van der Waals surface area contributed by atoms with Gasteiger partial charge in [0, 0.05) is 30.2 Å². The Bertz CT molecular complexity index is 519. The van der Waals surface area contributed by atoms with Gasteiger partial charge in [0.2, 0.25) is 0 Å². The predicted octanol–water partition coefficient (Wildman–Crippen LogP) is 1.03. The van der Waals surface area contributed by atoms with Gasteiger partial charge in [-0.2, -0.15) is 5.10 Å². The summed E-state index contributed by atoms with van der Waals surface area (Å²) in [5.41, 5.74) is 5.91. The van der Waals surface area contributed by atoms with E-state index in [9.17, 15) is 9.18 Å². The lowest BCUT2D eigenvalue weighted by Gasteiger charge is -2.06. The Morgan fingerprint density at radius 3 is 2.94 bits per heavy atom. The second kappa shape index (κ2) is 5.31. The van der Waals surface area contributed by atoms with Crippen LogP contribution in [0.15, 0.2) is 36.7 Å². The van der Waals surface area contributed by atoms with E-state index in [0.29, 0.717) is 13.1 Å². The van der Waals surface area contributed by atoms with Crippen molar-refractivity contribution in [3.63, 3.8) is 0 Å². The average molecular weight is 248 g/mol. The maximum atomic E-state index is 13.1. The smallest absolute Gasteiger partial charge is 0.251 e. The summed E-state index contributed by atoms with van der Waals surface area (Å²) >= 11 is 0. The van der Waals surface area contributed by atoms with Gasteiger partial charge < -0.3 is 11.1 Å². The molecule has 0 aliphatic rings. The van der Waals surface area contributed by atoms with E-state index in [2.05, 4.69) is 10.4 Å².